The van der Waals surface area contributed by atoms with Gasteiger partial charge in [-0.05, 0) is 69.2 Å². The molecule has 0 saturated carbocycles. The fourth-order valence-electron chi connectivity index (χ4n) is 3.65. The van der Waals surface area contributed by atoms with Gasteiger partial charge in [-0.25, -0.2) is 10.2 Å². The second kappa shape index (κ2) is 11.0. The van der Waals surface area contributed by atoms with Crippen LogP contribution in [0.2, 0.25) is 0 Å². The van der Waals surface area contributed by atoms with Gasteiger partial charge in [0.15, 0.2) is 17.2 Å². The molecule has 8 nitrogen and oxygen atoms in total. The normalized spacial score (nSPS) is 12.1. The number of hydrogen-bond donors (Lipinski definition) is 2. The van der Waals surface area contributed by atoms with Crippen molar-refractivity contribution in [1.82, 2.24) is 5.43 Å². The molecule has 0 fully saturated rings. The van der Waals surface area contributed by atoms with Gasteiger partial charge in [0.1, 0.15) is 0 Å². The number of nitrogens with one attached hydrogen (secondary N) is 2. The molecule has 0 aromatic heterocycles. The first-order chi connectivity index (χ1) is 18.0. The van der Waals surface area contributed by atoms with Crippen LogP contribution in [-0.2, 0) is 4.79 Å². The standard InChI is InChI=1S/C27H19Br2N3O5/c28-20-9-19(13-31-32-25(33)14-30-21-7-5-16-3-1-2-4-17(16)10-21)26(22(29)12-20)37-27(34)18-6-8-23-24(11-18)36-15-35-23/h1-13,30H,14-15H2,(H,32,33)/b31-13+. The zero-order valence-corrected chi connectivity index (χ0v) is 22.3. The smallest absolute Gasteiger partial charge is 0.343 e. The SMILES string of the molecule is O=C(CNc1ccc2ccccc2c1)N/N=C/c1cc(Br)cc(Br)c1OC(=O)c1ccc2c(c1)OCO2. The number of carbonyl (C=O) groups excluding carboxylic acids is 2. The third kappa shape index (κ3) is 5.92. The molecule has 0 saturated heterocycles. The number of hydrazone groups is 1. The minimum absolute atomic E-state index is 0.0316. The lowest BCUT2D eigenvalue weighted by Gasteiger charge is -2.11. The molecular weight excluding hydrogens is 606 g/mol. The van der Waals surface area contributed by atoms with Gasteiger partial charge in [0, 0.05) is 15.7 Å². The van der Waals surface area contributed by atoms with Crippen molar-refractivity contribution in [3.63, 3.8) is 0 Å². The molecule has 0 radical (unpaired) electrons. The molecule has 2 N–H and O–H groups in total. The summed E-state index contributed by atoms with van der Waals surface area (Å²) in [6.45, 7) is 0.139. The summed E-state index contributed by atoms with van der Waals surface area (Å²) in [6, 6.07) is 22.1. The van der Waals surface area contributed by atoms with Gasteiger partial charge in [0.25, 0.3) is 5.91 Å². The maximum absolute atomic E-state index is 12.8. The van der Waals surface area contributed by atoms with Gasteiger partial charge in [-0.1, -0.05) is 46.3 Å². The molecule has 1 amide bonds. The van der Waals surface area contributed by atoms with Crippen LogP contribution in [0.3, 0.4) is 0 Å². The molecule has 37 heavy (non-hydrogen) atoms. The van der Waals surface area contributed by atoms with Gasteiger partial charge in [0.05, 0.1) is 22.8 Å². The predicted octanol–water partition coefficient (Wildman–Crippen LogP) is 5.87. The zero-order valence-electron chi connectivity index (χ0n) is 19.2. The molecule has 0 bridgehead atoms. The summed E-state index contributed by atoms with van der Waals surface area (Å²) in [4.78, 5) is 25.1. The Morgan fingerprint density at radius 1 is 0.946 bits per heavy atom. The molecule has 4 aromatic rings. The van der Waals surface area contributed by atoms with Crippen molar-refractivity contribution in [3.05, 3.63) is 92.9 Å². The third-order valence-corrected chi connectivity index (χ3v) is 6.48. The van der Waals surface area contributed by atoms with Gasteiger partial charge in [-0.15, -0.1) is 0 Å². The van der Waals surface area contributed by atoms with E-state index in [1.807, 2.05) is 42.5 Å². The Morgan fingerprint density at radius 3 is 2.62 bits per heavy atom. The number of rotatable bonds is 7. The molecular formula is C27H19Br2N3O5. The fraction of sp³-hybridized carbons (Fsp3) is 0.0741. The van der Waals surface area contributed by atoms with E-state index in [4.69, 9.17) is 14.2 Å². The fourth-order valence-corrected chi connectivity index (χ4v) is 4.99. The van der Waals surface area contributed by atoms with Crippen molar-refractivity contribution in [3.8, 4) is 17.2 Å². The van der Waals surface area contributed by atoms with Crippen molar-refractivity contribution in [2.45, 2.75) is 0 Å². The topological polar surface area (TPSA) is 98.2 Å². The number of anilines is 1. The highest BCUT2D eigenvalue weighted by Gasteiger charge is 2.19. The summed E-state index contributed by atoms with van der Waals surface area (Å²) in [6.07, 6.45) is 1.41. The number of esters is 1. The Bertz CT molecular complexity index is 1540. The Kier molecular flexibility index (Phi) is 7.38. The average molecular weight is 625 g/mol. The Morgan fingerprint density at radius 2 is 1.76 bits per heavy atom. The Hall–Kier alpha value is -3.89. The van der Waals surface area contributed by atoms with Crippen LogP contribution in [-0.4, -0.2) is 31.4 Å². The van der Waals surface area contributed by atoms with Crippen LogP contribution < -0.4 is 25.0 Å². The molecule has 1 aliphatic heterocycles. The molecule has 0 atom stereocenters. The monoisotopic (exact) mass is 623 g/mol. The lowest BCUT2D eigenvalue weighted by molar-refractivity contribution is -0.119. The van der Waals surface area contributed by atoms with E-state index in [1.54, 1.807) is 30.3 Å². The first-order valence-corrected chi connectivity index (χ1v) is 12.7. The van der Waals surface area contributed by atoms with Crippen molar-refractivity contribution in [2.24, 2.45) is 5.10 Å². The number of hydrogen-bond acceptors (Lipinski definition) is 7. The summed E-state index contributed by atoms with van der Waals surface area (Å²) < 4.78 is 17.5. The maximum atomic E-state index is 12.8. The minimum atomic E-state index is -0.584. The van der Waals surface area contributed by atoms with Crippen LogP contribution >= 0.6 is 31.9 Å². The highest BCUT2D eigenvalue weighted by molar-refractivity contribution is 9.11. The average Bonchev–Trinajstić information content (AvgIpc) is 3.37. The zero-order chi connectivity index (χ0) is 25.8. The number of fused-ring (bicyclic) bond motifs is 2. The quantitative estimate of drug-likeness (QED) is 0.115. The Labute approximate surface area is 228 Å². The van der Waals surface area contributed by atoms with Gasteiger partial charge in [-0.3, -0.25) is 4.79 Å². The number of halogens is 2. The van der Waals surface area contributed by atoms with Crippen molar-refractivity contribution >= 4 is 66.4 Å². The lowest BCUT2D eigenvalue weighted by Crippen LogP contribution is -2.25. The number of benzene rings is 4. The van der Waals surface area contributed by atoms with Crippen LogP contribution in [0, 0.1) is 0 Å². The number of nitrogens with zero attached hydrogens (tertiary/aromatic N) is 1. The van der Waals surface area contributed by atoms with Crippen molar-refractivity contribution in [1.29, 1.82) is 0 Å². The first-order valence-electron chi connectivity index (χ1n) is 11.1. The number of ether oxygens (including phenoxy) is 3. The van der Waals surface area contributed by atoms with Gasteiger partial charge < -0.3 is 19.5 Å². The van der Waals surface area contributed by atoms with E-state index in [9.17, 15) is 9.59 Å². The van der Waals surface area contributed by atoms with Gasteiger partial charge in [-0.2, -0.15) is 5.10 Å². The second-order valence-electron chi connectivity index (χ2n) is 7.97. The van der Waals surface area contributed by atoms with E-state index in [0.717, 1.165) is 20.9 Å². The van der Waals surface area contributed by atoms with Crippen LogP contribution in [0.15, 0.2) is 86.8 Å². The van der Waals surface area contributed by atoms with Gasteiger partial charge in [0.2, 0.25) is 6.79 Å². The maximum Gasteiger partial charge on any atom is 0.343 e. The first kappa shape index (κ1) is 24.8. The minimum Gasteiger partial charge on any atom is -0.454 e. The van der Waals surface area contributed by atoms with Crippen LogP contribution in [0.4, 0.5) is 5.69 Å². The molecule has 0 aliphatic carbocycles. The highest BCUT2D eigenvalue weighted by Crippen LogP contribution is 2.35. The summed E-state index contributed by atoms with van der Waals surface area (Å²) in [5.41, 5.74) is 4.08. The molecule has 1 heterocycles. The van der Waals surface area contributed by atoms with Crippen LogP contribution in [0.5, 0.6) is 17.2 Å². The van der Waals surface area contributed by atoms with Crippen LogP contribution in [0.1, 0.15) is 15.9 Å². The van der Waals surface area contributed by atoms with E-state index < -0.39 is 5.97 Å². The lowest BCUT2D eigenvalue weighted by atomic mass is 10.1. The highest BCUT2D eigenvalue weighted by atomic mass is 79.9. The third-order valence-electron chi connectivity index (χ3n) is 5.44. The largest absolute Gasteiger partial charge is 0.454 e. The molecule has 186 valence electrons. The summed E-state index contributed by atoms with van der Waals surface area (Å²) in [5, 5.41) is 9.33. The molecule has 0 spiro atoms. The number of amides is 1. The van der Waals surface area contributed by atoms with E-state index in [0.29, 0.717) is 27.1 Å². The second-order valence-corrected chi connectivity index (χ2v) is 9.74. The van der Waals surface area contributed by atoms with Gasteiger partial charge >= 0.3 is 5.97 Å². The molecule has 0 unspecified atom stereocenters. The predicted molar refractivity (Wildman–Crippen MR) is 148 cm³/mol. The molecule has 5 rings (SSSR count). The summed E-state index contributed by atoms with van der Waals surface area (Å²) >= 11 is 6.85. The van der Waals surface area contributed by atoms with E-state index >= 15 is 0 Å². The van der Waals surface area contributed by atoms with Crippen molar-refractivity contribution in [2.75, 3.05) is 18.7 Å². The van der Waals surface area contributed by atoms with E-state index in [-0.39, 0.29) is 25.0 Å². The molecule has 1 aliphatic rings. The van der Waals surface area contributed by atoms with E-state index in [1.165, 1.54) is 6.21 Å². The number of carbonyl (C=O) groups is 2. The molecule has 4 aromatic carbocycles. The summed E-state index contributed by atoms with van der Waals surface area (Å²) in [5.74, 6) is 0.376. The van der Waals surface area contributed by atoms with Crippen LogP contribution in [0.25, 0.3) is 10.8 Å². The summed E-state index contributed by atoms with van der Waals surface area (Å²) in [7, 11) is 0. The Balaban J connectivity index is 1.24. The van der Waals surface area contributed by atoms with E-state index in [2.05, 4.69) is 47.7 Å². The molecule has 10 heteroatoms. The van der Waals surface area contributed by atoms with Crippen molar-refractivity contribution < 1.29 is 23.8 Å².